The molecule has 0 saturated heterocycles. The first-order chi connectivity index (χ1) is 8.16. The Labute approximate surface area is 101 Å². The number of carbonyl (C=O) groups excluding carboxylic acids is 1. The van der Waals surface area contributed by atoms with Gasteiger partial charge in [-0.25, -0.2) is 9.18 Å². The molecule has 0 N–H and O–H groups in total. The third kappa shape index (κ3) is 3.05. The highest BCUT2D eigenvalue weighted by Gasteiger charge is 2.17. The summed E-state index contributed by atoms with van der Waals surface area (Å²) in [6, 6.07) is 4.30. The van der Waals surface area contributed by atoms with E-state index in [0.29, 0.717) is 17.7 Å². The summed E-state index contributed by atoms with van der Waals surface area (Å²) in [4.78, 5) is 11.7. The maximum absolute atomic E-state index is 13.0. The Balaban J connectivity index is 1.83. The minimum absolute atomic E-state index is 0.295. The Morgan fingerprint density at radius 2 is 2.24 bits per heavy atom. The topological polar surface area (TPSA) is 26.3 Å². The first kappa shape index (κ1) is 12.1. The fourth-order valence-electron chi connectivity index (χ4n) is 1.95. The first-order valence-electron chi connectivity index (χ1n) is 6.10. The standard InChI is InChI=1S/C14H17FO2/c1-10-9-12(5-6-13(10)15)14(16)17-8-7-11-3-2-4-11/h5-6,9,11H,2-4,7-8H2,1H3. The molecule has 92 valence electrons. The van der Waals surface area contributed by atoms with E-state index in [-0.39, 0.29) is 11.8 Å². The summed E-state index contributed by atoms with van der Waals surface area (Å²) in [6.45, 7) is 2.11. The number of carbonyl (C=O) groups is 1. The van der Waals surface area contributed by atoms with E-state index in [4.69, 9.17) is 4.74 Å². The number of hydrogen-bond donors (Lipinski definition) is 0. The molecule has 1 aliphatic carbocycles. The molecule has 0 aliphatic heterocycles. The molecule has 0 aromatic heterocycles. The van der Waals surface area contributed by atoms with Gasteiger partial charge in [0.1, 0.15) is 5.82 Å². The van der Waals surface area contributed by atoms with Crippen LogP contribution in [0.25, 0.3) is 0 Å². The van der Waals surface area contributed by atoms with Crippen molar-refractivity contribution in [3.05, 3.63) is 35.1 Å². The van der Waals surface area contributed by atoms with Gasteiger partial charge in [0.05, 0.1) is 12.2 Å². The van der Waals surface area contributed by atoms with Crippen LogP contribution < -0.4 is 0 Å². The van der Waals surface area contributed by atoms with Crippen molar-refractivity contribution >= 4 is 5.97 Å². The second-order valence-corrected chi connectivity index (χ2v) is 4.69. The highest BCUT2D eigenvalue weighted by Crippen LogP contribution is 2.29. The van der Waals surface area contributed by atoms with Crippen LogP contribution in [0.15, 0.2) is 18.2 Å². The molecular formula is C14H17FO2. The van der Waals surface area contributed by atoms with Crippen LogP contribution in [0.5, 0.6) is 0 Å². The van der Waals surface area contributed by atoms with Crippen LogP contribution in [0.1, 0.15) is 41.6 Å². The van der Waals surface area contributed by atoms with Crippen molar-refractivity contribution in [2.24, 2.45) is 5.92 Å². The van der Waals surface area contributed by atoms with E-state index in [0.717, 1.165) is 12.3 Å². The van der Waals surface area contributed by atoms with Crippen LogP contribution in [0.3, 0.4) is 0 Å². The normalized spacial score (nSPS) is 15.4. The fraction of sp³-hybridized carbons (Fsp3) is 0.500. The van der Waals surface area contributed by atoms with Gasteiger partial charge in [0.2, 0.25) is 0 Å². The lowest BCUT2D eigenvalue weighted by molar-refractivity contribution is 0.0464. The minimum atomic E-state index is -0.354. The van der Waals surface area contributed by atoms with Gasteiger partial charge in [-0.1, -0.05) is 19.3 Å². The molecule has 0 unspecified atom stereocenters. The lowest BCUT2D eigenvalue weighted by Gasteiger charge is -2.24. The monoisotopic (exact) mass is 236 g/mol. The smallest absolute Gasteiger partial charge is 0.338 e. The van der Waals surface area contributed by atoms with Crippen molar-refractivity contribution in [2.75, 3.05) is 6.61 Å². The Bertz CT molecular complexity index is 411. The summed E-state index contributed by atoms with van der Waals surface area (Å²) in [5.74, 6) is 0.0844. The van der Waals surface area contributed by atoms with E-state index in [1.165, 1.54) is 37.5 Å². The number of halogens is 1. The Hall–Kier alpha value is -1.38. The second-order valence-electron chi connectivity index (χ2n) is 4.69. The van der Waals surface area contributed by atoms with Crippen molar-refractivity contribution in [1.29, 1.82) is 0 Å². The molecule has 1 aromatic carbocycles. The molecule has 2 nitrogen and oxygen atoms in total. The number of hydrogen-bond acceptors (Lipinski definition) is 2. The summed E-state index contributed by atoms with van der Waals surface area (Å²) in [6.07, 6.45) is 4.77. The molecule has 2 rings (SSSR count). The van der Waals surface area contributed by atoms with Gasteiger partial charge in [-0.05, 0) is 43.0 Å². The summed E-state index contributed by atoms with van der Waals surface area (Å²) < 4.78 is 18.2. The molecule has 0 radical (unpaired) electrons. The lowest BCUT2D eigenvalue weighted by Crippen LogP contribution is -2.15. The SMILES string of the molecule is Cc1cc(C(=O)OCCC2CCC2)ccc1F. The molecule has 1 aromatic rings. The number of esters is 1. The highest BCUT2D eigenvalue weighted by atomic mass is 19.1. The van der Waals surface area contributed by atoms with Crippen molar-refractivity contribution in [3.63, 3.8) is 0 Å². The number of aryl methyl sites for hydroxylation is 1. The van der Waals surface area contributed by atoms with Crippen LogP contribution in [-0.4, -0.2) is 12.6 Å². The number of rotatable bonds is 4. The van der Waals surface area contributed by atoms with Gasteiger partial charge < -0.3 is 4.74 Å². The van der Waals surface area contributed by atoms with Gasteiger partial charge in [0.15, 0.2) is 0 Å². The van der Waals surface area contributed by atoms with E-state index < -0.39 is 0 Å². The van der Waals surface area contributed by atoms with E-state index in [1.807, 2.05) is 0 Å². The van der Waals surface area contributed by atoms with Gasteiger partial charge in [0.25, 0.3) is 0 Å². The zero-order valence-corrected chi connectivity index (χ0v) is 10.0. The van der Waals surface area contributed by atoms with Gasteiger partial charge in [-0.15, -0.1) is 0 Å². The van der Waals surface area contributed by atoms with E-state index in [2.05, 4.69) is 0 Å². The van der Waals surface area contributed by atoms with Gasteiger partial charge in [-0.3, -0.25) is 0 Å². The summed E-state index contributed by atoms with van der Waals surface area (Å²) in [5.41, 5.74) is 0.899. The Morgan fingerprint density at radius 1 is 1.47 bits per heavy atom. The Morgan fingerprint density at radius 3 is 2.82 bits per heavy atom. The molecular weight excluding hydrogens is 219 g/mol. The highest BCUT2D eigenvalue weighted by molar-refractivity contribution is 5.89. The maximum Gasteiger partial charge on any atom is 0.338 e. The van der Waals surface area contributed by atoms with E-state index >= 15 is 0 Å². The van der Waals surface area contributed by atoms with Crippen molar-refractivity contribution in [2.45, 2.75) is 32.6 Å². The van der Waals surface area contributed by atoms with E-state index in [9.17, 15) is 9.18 Å². The largest absolute Gasteiger partial charge is 0.462 e. The number of benzene rings is 1. The molecule has 0 atom stereocenters. The zero-order valence-electron chi connectivity index (χ0n) is 10.0. The third-order valence-corrected chi connectivity index (χ3v) is 3.38. The molecule has 0 bridgehead atoms. The van der Waals surface area contributed by atoms with Crippen LogP contribution >= 0.6 is 0 Å². The molecule has 0 spiro atoms. The Kier molecular flexibility index (Phi) is 3.77. The molecule has 0 heterocycles. The summed E-state index contributed by atoms with van der Waals surface area (Å²) >= 11 is 0. The van der Waals surface area contributed by atoms with Gasteiger partial charge in [-0.2, -0.15) is 0 Å². The molecule has 3 heteroatoms. The summed E-state index contributed by atoms with van der Waals surface area (Å²) in [5, 5.41) is 0. The van der Waals surface area contributed by atoms with Crippen LogP contribution in [0, 0.1) is 18.7 Å². The fourth-order valence-corrected chi connectivity index (χ4v) is 1.95. The van der Waals surface area contributed by atoms with Crippen molar-refractivity contribution in [1.82, 2.24) is 0 Å². The average molecular weight is 236 g/mol. The molecule has 17 heavy (non-hydrogen) atoms. The van der Waals surface area contributed by atoms with Gasteiger partial charge in [0, 0.05) is 0 Å². The molecule has 1 aliphatic rings. The van der Waals surface area contributed by atoms with Crippen molar-refractivity contribution < 1.29 is 13.9 Å². The first-order valence-corrected chi connectivity index (χ1v) is 6.10. The van der Waals surface area contributed by atoms with E-state index in [1.54, 1.807) is 6.92 Å². The average Bonchev–Trinajstić information content (AvgIpc) is 2.25. The van der Waals surface area contributed by atoms with Crippen LogP contribution in [-0.2, 0) is 4.74 Å². The minimum Gasteiger partial charge on any atom is -0.462 e. The quantitative estimate of drug-likeness (QED) is 0.748. The lowest BCUT2D eigenvalue weighted by atomic mass is 9.83. The third-order valence-electron chi connectivity index (χ3n) is 3.38. The van der Waals surface area contributed by atoms with Crippen molar-refractivity contribution in [3.8, 4) is 0 Å². The number of ether oxygens (including phenoxy) is 1. The molecule has 0 amide bonds. The second kappa shape index (κ2) is 5.30. The predicted molar refractivity (Wildman–Crippen MR) is 63.4 cm³/mol. The predicted octanol–water partition coefficient (Wildman–Crippen LogP) is 3.48. The van der Waals surface area contributed by atoms with Crippen LogP contribution in [0.4, 0.5) is 4.39 Å². The van der Waals surface area contributed by atoms with Crippen LogP contribution in [0.2, 0.25) is 0 Å². The molecule has 1 saturated carbocycles. The summed E-state index contributed by atoms with van der Waals surface area (Å²) in [7, 11) is 0. The zero-order chi connectivity index (χ0) is 12.3. The molecule has 1 fully saturated rings. The van der Waals surface area contributed by atoms with Gasteiger partial charge >= 0.3 is 5.97 Å². The maximum atomic E-state index is 13.0.